The molecule has 0 aliphatic carbocycles. The zero-order valence-corrected chi connectivity index (χ0v) is 21.6. The predicted octanol–water partition coefficient (Wildman–Crippen LogP) is 4.92. The topological polar surface area (TPSA) is 79.3 Å². The molecule has 7 nitrogen and oxygen atoms in total. The lowest BCUT2D eigenvalue weighted by molar-refractivity contribution is -0.124. The van der Waals surface area contributed by atoms with E-state index in [0.717, 1.165) is 30.9 Å². The fourth-order valence-electron chi connectivity index (χ4n) is 4.16. The molecule has 1 atom stereocenters. The van der Waals surface area contributed by atoms with E-state index in [-0.39, 0.29) is 30.1 Å². The third-order valence-electron chi connectivity index (χ3n) is 6.26. The van der Waals surface area contributed by atoms with Crippen LogP contribution in [0.1, 0.15) is 71.9 Å². The SMILES string of the molecule is CC1CCCCN1CCCNC(=O)CCC(=O)Nc1cc(C(C)(C)C)nn1-c1cccc(Cl)c1. The van der Waals surface area contributed by atoms with Crippen molar-refractivity contribution < 1.29 is 9.59 Å². The van der Waals surface area contributed by atoms with Gasteiger partial charge in [-0.1, -0.05) is 44.9 Å². The lowest BCUT2D eigenvalue weighted by Gasteiger charge is -2.33. The maximum atomic E-state index is 12.6. The van der Waals surface area contributed by atoms with E-state index in [4.69, 9.17) is 16.7 Å². The molecule has 0 spiro atoms. The Morgan fingerprint density at radius 3 is 2.62 bits per heavy atom. The molecule has 2 aromatic rings. The number of hydrogen-bond acceptors (Lipinski definition) is 4. The Balaban J connectivity index is 1.50. The number of hydrogen-bond donors (Lipinski definition) is 2. The number of aromatic nitrogens is 2. The van der Waals surface area contributed by atoms with E-state index in [2.05, 4.69) is 43.2 Å². The van der Waals surface area contributed by atoms with Crippen molar-refractivity contribution in [2.75, 3.05) is 25.0 Å². The summed E-state index contributed by atoms with van der Waals surface area (Å²) < 4.78 is 1.69. The summed E-state index contributed by atoms with van der Waals surface area (Å²) in [7, 11) is 0. The lowest BCUT2D eigenvalue weighted by atomic mass is 9.92. The van der Waals surface area contributed by atoms with E-state index in [1.807, 2.05) is 18.2 Å². The van der Waals surface area contributed by atoms with Crippen LogP contribution in [0.5, 0.6) is 0 Å². The largest absolute Gasteiger partial charge is 0.356 e. The van der Waals surface area contributed by atoms with Gasteiger partial charge in [0.15, 0.2) is 0 Å². The number of anilines is 1. The van der Waals surface area contributed by atoms with Crippen molar-refractivity contribution in [3.63, 3.8) is 0 Å². The molecular formula is C26H38ClN5O2. The highest BCUT2D eigenvalue weighted by molar-refractivity contribution is 6.30. The maximum absolute atomic E-state index is 12.6. The van der Waals surface area contributed by atoms with Crippen molar-refractivity contribution in [2.45, 2.75) is 77.7 Å². The number of rotatable bonds is 9. The molecule has 1 fully saturated rings. The van der Waals surface area contributed by atoms with Crippen molar-refractivity contribution >= 4 is 29.2 Å². The molecular weight excluding hydrogens is 450 g/mol. The van der Waals surface area contributed by atoms with Crippen molar-refractivity contribution in [3.8, 4) is 5.69 Å². The van der Waals surface area contributed by atoms with Crippen LogP contribution >= 0.6 is 11.6 Å². The van der Waals surface area contributed by atoms with E-state index in [1.165, 1.54) is 19.3 Å². The molecule has 1 unspecified atom stereocenters. The number of amides is 2. The number of nitrogens with one attached hydrogen (secondary N) is 2. The summed E-state index contributed by atoms with van der Waals surface area (Å²) in [6, 6.07) is 9.84. The van der Waals surface area contributed by atoms with Crippen LogP contribution in [0, 0.1) is 0 Å². The van der Waals surface area contributed by atoms with Gasteiger partial charge < -0.3 is 15.5 Å². The predicted molar refractivity (Wildman–Crippen MR) is 138 cm³/mol. The molecule has 0 radical (unpaired) electrons. The molecule has 3 rings (SSSR count). The molecule has 1 aliphatic heterocycles. The van der Waals surface area contributed by atoms with Crippen molar-refractivity contribution in [1.29, 1.82) is 0 Å². The zero-order valence-electron chi connectivity index (χ0n) is 20.9. The average Bonchev–Trinajstić information content (AvgIpc) is 3.21. The number of likely N-dealkylation sites (tertiary alicyclic amines) is 1. The third-order valence-corrected chi connectivity index (χ3v) is 6.50. The molecule has 34 heavy (non-hydrogen) atoms. The standard InChI is InChI=1S/C26H38ClN5O2/c1-19-9-5-6-15-31(19)16-8-14-28-24(33)12-13-25(34)29-23-18-22(26(2,3)4)30-32(23)21-11-7-10-20(27)17-21/h7,10-11,17-19H,5-6,8-9,12-16H2,1-4H3,(H,28,33)(H,29,34). The first-order chi connectivity index (χ1) is 16.1. The Morgan fingerprint density at radius 1 is 1.15 bits per heavy atom. The van der Waals surface area contributed by atoms with Crippen LogP contribution < -0.4 is 10.6 Å². The molecule has 1 saturated heterocycles. The fraction of sp³-hybridized carbons (Fsp3) is 0.577. The summed E-state index contributed by atoms with van der Waals surface area (Å²) in [6.45, 7) is 11.3. The summed E-state index contributed by atoms with van der Waals surface area (Å²) in [5.74, 6) is 0.245. The van der Waals surface area contributed by atoms with Gasteiger partial charge in [-0.25, -0.2) is 4.68 Å². The van der Waals surface area contributed by atoms with Gasteiger partial charge >= 0.3 is 0 Å². The molecule has 1 aromatic carbocycles. The fourth-order valence-corrected chi connectivity index (χ4v) is 4.35. The highest BCUT2D eigenvalue weighted by Crippen LogP contribution is 2.27. The average molecular weight is 488 g/mol. The molecule has 186 valence electrons. The molecule has 0 bridgehead atoms. The monoisotopic (exact) mass is 487 g/mol. The molecule has 8 heteroatoms. The Hall–Kier alpha value is -2.38. The minimum atomic E-state index is -0.221. The van der Waals surface area contributed by atoms with Gasteiger partial charge in [-0.3, -0.25) is 9.59 Å². The summed E-state index contributed by atoms with van der Waals surface area (Å²) >= 11 is 6.16. The van der Waals surface area contributed by atoms with Crippen LogP contribution in [0.4, 0.5) is 5.82 Å². The van der Waals surface area contributed by atoms with Crippen molar-refractivity contribution in [2.24, 2.45) is 0 Å². The summed E-state index contributed by atoms with van der Waals surface area (Å²) in [4.78, 5) is 27.4. The van der Waals surface area contributed by atoms with Gasteiger partial charge in [-0.2, -0.15) is 5.10 Å². The van der Waals surface area contributed by atoms with E-state index >= 15 is 0 Å². The lowest BCUT2D eigenvalue weighted by Crippen LogP contribution is -2.39. The highest BCUT2D eigenvalue weighted by atomic mass is 35.5. The van der Waals surface area contributed by atoms with Gasteiger partial charge in [0.1, 0.15) is 5.82 Å². The quantitative estimate of drug-likeness (QED) is 0.492. The minimum absolute atomic E-state index is 0.0967. The minimum Gasteiger partial charge on any atom is -0.356 e. The Morgan fingerprint density at radius 2 is 1.91 bits per heavy atom. The van der Waals surface area contributed by atoms with E-state index in [0.29, 0.717) is 23.4 Å². The van der Waals surface area contributed by atoms with E-state index in [1.54, 1.807) is 16.8 Å². The Bertz CT molecular complexity index is 982. The second-order valence-corrected chi connectivity index (χ2v) is 10.6. The first-order valence-electron chi connectivity index (χ1n) is 12.3. The van der Waals surface area contributed by atoms with Crippen LogP contribution in [-0.4, -0.2) is 52.2 Å². The number of carbonyl (C=O) groups is 2. The number of carbonyl (C=O) groups excluding carboxylic acids is 2. The molecule has 2 N–H and O–H groups in total. The van der Waals surface area contributed by atoms with Gasteiger partial charge in [-0.15, -0.1) is 0 Å². The van der Waals surface area contributed by atoms with Crippen molar-refractivity contribution in [3.05, 3.63) is 41.0 Å². The van der Waals surface area contributed by atoms with E-state index in [9.17, 15) is 9.59 Å². The maximum Gasteiger partial charge on any atom is 0.226 e. The molecule has 2 amide bonds. The van der Waals surface area contributed by atoms with Crippen LogP contribution in [0.15, 0.2) is 30.3 Å². The van der Waals surface area contributed by atoms with E-state index < -0.39 is 0 Å². The van der Waals surface area contributed by atoms with Gasteiger partial charge in [-0.05, 0) is 50.9 Å². The smallest absolute Gasteiger partial charge is 0.226 e. The van der Waals surface area contributed by atoms with Crippen LogP contribution in [0.25, 0.3) is 5.69 Å². The van der Waals surface area contributed by atoms with Gasteiger partial charge in [0.2, 0.25) is 11.8 Å². The van der Waals surface area contributed by atoms with Crippen LogP contribution in [0.2, 0.25) is 5.02 Å². The summed E-state index contributed by atoms with van der Waals surface area (Å²) in [5.41, 5.74) is 1.43. The Labute approximate surface area is 208 Å². The molecule has 1 aliphatic rings. The zero-order chi connectivity index (χ0) is 24.7. The second-order valence-electron chi connectivity index (χ2n) is 10.2. The highest BCUT2D eigenvalue weighted by Gasteiger charge is 2.22. The number of nitrogens with zero attached hydrogens (tertiary/aromatic N) is 3. The molecule has 2 heterocycles. The Kier molecular flexibility index (Phi) is 9.14. The number of halogens is 1. The molecule has 0 saturated carbocycles. The summed E-state index contributed by atoms with van der Waals surface area (Å²) in [5, 5.41) is 11.2. The molecule has 1 aromatic heterocycles. The van der Waals surface area contributed by atoms with Gasteiger partial charge in [0, 0.05) is 48.5 Å². The number of piperidine rings is 1. The third kappa shape index (κ3) is 7.57. The van der Waals surface area contributed by atoms with Crippen LogP contribution in [0.3, 0.4) is 0 Å². The first-order valence-corrected chi connectivity index (χ1v) is 12.7. The van der Waals surface area contributed by atoms with Crippen LogP contribution in [-0.2, 0) is 15.0 Å². The van der Waals surface area contributed by atoms with Gasteiger partial charge in [0.25, 0.3) is 0 Å². The van der Waals surface area contributed by atoms with Crippen molar-refractivity contribution in [1.82, 2.24) is 20.0 Å². The normalized spacial score (nSPS) is 16.9. The first kappa shape index (κ1) is 26.2. The summed E-state index contributed by atoms with van der Waals surface area (Å²) in [6.07, 6.45) is 5.03. The van der Waals surface area contributed by atoms with Gasteiger partial charge in [0.05, 0.1) is 11.4 Å². The number of benzene rings is 1. The second kappa shape index (κ2) is 11.8.